The summed E-state index contributed by atoms with van der Waals surface area (Å²) in [6.07, 6.45) is 4.69. The molecule has 0 saturated heterocycles. The van der Waals surface area contributed by atoms with Crippen molar-refractivity contribution in [1.82, 2.24) is 25.8 Å². The number of hydrogen-bond donors (Lipinski definition) is 3. The molecule has 134 valence electrons. The van der Waals surface area contributed by atoms with E-state index in [-0.39, 0.29) is 24.0 Å². The van der Waals surface area contributed by atoms with E-state index < -0.39 is 0 Å². The van der Waals surface area contributed by atoms with Crippen LogP contribution in [0, 0.1) is 13.8 Å². The molecule has 3 heterocycles. The maximum atomic E-state index is 5.17. The fourth-order valence-electron chi connectivity index (χ4n) is 2.68. The van der Waals surface area contributed by atoms with Crippen molar-refractivity contribution in [2.45, 2.75) is 26.8 Å². The van der Waals surface area contributed by atoms with Crippen LogP contribution in [0.2, 0.25) is 0 Å². The fourth-order valence-corrected chi connectivity index (χ4v) is 2.68. The topological polar surface area (TPSA) is 91.1 Å². The third-order valence-electron chi connectivity index (χ3n) is 4.06. The third kappa shape index (κ3) is 4.50. The molecule has 0 fully saturated rings. The molecule has 3 rings (SSSR count). The zero-order valence-electron chi connectivity index (χ0n) is 14.6. The number of nitrogens with one attached hydrogen (secondary N) is 3. The van der Waals surface area contributed by atoms with E-state index in [9.17, 15) is 0 Å². The third-order valence-corrected chi connectivity index (χ3v) is 4.06. The second-order valence-corrected chi connectivity index (χ2v) is 5.62. The summed E-state index contributed by atoms with van der Waals surface area (Å²) in [5, 5.41) is 11.7. The zero-order valence-corrected chi connectivity index (χ0v) is 16.9. The van der Waals surface area contributed by atoms with Crippen molar-refractivity contribution in [3.05, 3.63) is 47.1 Å². The van der Waals surface area contributed by atoms with Gasteiger partial charge in [0.1, 0.15) is 11.4 Å². The van der Waals surface area contributed by atoms with E-state index >= 15 is 0 Å². The highest BCUT2D eigenvalue weighted by Gasteiger charge is 2.09. The van der Waals surface area contributed by atoms with Crippen molar-refractivity contribution >= 4 is 41.0 Å². The lowest BCUT2D eigenvalue weighted by Gasteiger charge is -2.11. The molecule has 0 aromatic carbocycles. The van der Waals surface area contributed by atoms with Gasteiger partial charge in [0.25, 0.3) is 0 Å². The Morgan fingerprint density at radius 3 is 2.88 bits per heavy atom. The first-order chi connectivity index (χ1) is 11.7. The highest BCUT2D eigenvalue weighted by atomic mass is 127. The molecule has 0 atom stereocenters. The molecule has 0 bridgehead atoms. The van der Waals surface area contributed by atoms with Crippen molar-refractivity contribution in [3.8, 4) is 0 Å². The van der Waals surface area contributed by atoms with E-state index in [2.05, 4.69) is 36.8 Å². The quantitative estimate of drug-likeness (QED) is 0.313. The van der Waals surface area contributed by atoms with Crippen LogP contribution in [0.15, 0.2) is 34.0 Å². The maximum absolute atomic E-state index is 5.17. The predicted octanol–water partition coefficient (Wildman–Crippen LogP) is 2.69. The lowest BCUT2D eigenvalue weighted by atomic mass is 10.1. The summed E-state index contributed by atoms with van der Waals surface area (Å²) < 4.78 is 5.17. The lowest BCUT2D eigenvalue weighted by Crippen LogP contribution is -2.38. The Morgan fingerprint density at radius 1 is 1.32 bits per heavy atom. The van der Waals surface area contributed by atoms with E-state index in [0.29, 0.717) is 6.54 Å². The van der Waals surface area contributed by atoms with Gasteiger partial charge in [-0.2, -0.15) is 0 Å². The first-order valence-corrected chi connectivity index (χ1v) is 7.96. The number of aromatic nitrogens is 3. The van der Waals surface area contributed by atoms with E-state index in [1.807, 2.05) is 26.1 Å². The molecule has 8 heteroatoms. The molecule has 0 aliphatic carbocycles. The largest absolute Gasteiger partial charge is 0.361 e. The Hall–Kier alpha value is -2.10. The molecule has 25 heavy (non-hydrogen) atoms. The van der Waals surface area contributed by atoms with Crippen LogP contribution in [0.3, 0.4) is 0 Å². The number of rotatable bonds is 5. The zero-order chi connectivity index (χ0) is 16.9. The molecule has 0 aliphatic rings. The van der Waals surface area contributed by atoms with Gasteiger partial charge in [0.15, 0.2) is 5.96 Å². The van der Waals surface area contributed by atoms with Gasteiger partial charge in [-0.25, -0.2) is 4.98 Å². The van der Waals surface area contributed by atoms with Crippen LogP contribution in [0.5, 0.6) is 0 Å². The molecule has 0 radical (unpaired) electrons. The van der Waals surface area contributed by atoms with E-state index in [0.717, 1.165) is 47.0 Å². The van der Waals surface area contributed by atoms with E-state index in [4.69, 9.17) is 4.52 Å². The minimum Gasteiger partial charge on any atom is -0.361 e. The molecule has 0 unspecified atom stereocenters. The van der Waals surface area contributed by atoms with E-state index in [1.54, 1.807) is 13.2 Å². The molecule has 0 amide bonds. The number of pyridine rings is 1. The standard InChI is InChI=1S/C17H22N6O.HI/c1-11-15(12(2)24-23-11)10-22-17(18-3)20-8-6-13-9-21-16-14(13)5-4-7-19-16;/h4-5,7,9H,6,8,10H2,1-3H3,(H,19,21)(H2,18,20,22);1H. The summed E-state index contributed by atoms with van der Waals surface area (Å²) in [5.41, 5.74) is 4.14. The maximum Gasteiger partial charge on any atom is 0.191 e. The van der Waals surface area contributed by atoms with Gasteiger partial charge in [0, 0.05) is 43.5 Å². The lowest BCUT2D eigenvalue weighted by molar-refractivity contribution is 0.392. The second kappa shape index (κ2) is 8.84. The van der Waals surface area contributed by atoms with Gasteiger partial charge in [-0.3, -0.25) is 4.99 Å². The number of guanidine groups is 1. The summed E-state index contributed by atoms with van der Waals surface area (Å²) >= 11 is 0. The molecule has 0 saturated carbocycles. The number of hydrogen-bond acceptors (Lipinski definition) is 4. The van der Waals surface area contributed by atoms with Crippen LogP contribution in [0.1, 0.15) is 22.6 Å². The Labute approximate surface area is 163 Å². The molecule has 3 aromatic heterocycles. The number of fused-ring (bicyclic) bond motifs is 1. The smallest absolute Gasteiger partial charge is 0.191 e. The van der Waals surface area contributed by atoms with Crippen LogP contribution in [0.25, 0.3) is 11.0 Å². The van der Waals surface area contributed by atoms with Gasteiger partial charge in [0.05, 0.1) is 5.69 Å². The number of aliphatic imine (C=N–C) groups is 1. The van der Waals surface area contributed by atoms with Crippen molar-refractivity contribution in [2.24, 2.45) is 4.99 Å². The monoisotopic (exact) mass is 454 g/mol. The first-order valence-electron chi connectivity index (χ1n) is 7.96. The first kappa shape index (κ1) is 19.2. The molecule has 3 N–H and O–H groups in total. The summed E-state index contributed by atoms with van der Waals surface area (Å²) in [6.45, 7) is 5.27. The highest BCUT2D eigenvalue weighted by molar-refractivity contribution is 14.0. The van der Waals surface area contributed by atoms with Crippen LogP contribution >= 0.6 is 24.0 Å². The van der Waals surface area contributed by atoms with Gasteiger partial charge in [0.2, 0.25) is 0 Å². The van der Waals surface area contributed by atoms with E-state index in [1.165, 1.54) is 5.56 Å². The number of aryl methyl sites for hydroxylation is 2. The average Bonchev–Trinajstić information content (AvgIpc) is 3.15. The van der Waals surface area contributed by atoms with Gasteiger partial charge in [-0.05, 0) is 38.0 Å². The number of H-pyrrole nitrogens is 1. The fraction of sp³-hybridized carbons (Fsp3) is 0.353. The van der Waals surface area contributed by atoms with Gasteiger partial charge >= 0.3 is 0 Å². The number of aromatic amines is 1. The van der Waals surface area contributed by atoms with Crippen LogP contribution in [0.4, 0.5) is 0 Å². The molecular formula is C17H23IN6O. The van der Waals surface area contributed by atoms with Gasteiger partial charge in [-0.1, -0.05) is 5.16 Å². The van der Waals surface area contributed by atoms with Crippen LogP contribution in [-0.4, -0.2) is 34.7 Å². The SMILES string of the molecule is CN=C(NCCc1c[nH]c2ncccc12)NCc1c(C)noc1C.I. The van der Waals surface area contributed by atoms with Gasteiger partial charge < -0.3 is 20.1 Å². The minimum absolute atomic E-state index is 0. The number of nitrogens with zero attached hydrogens (tertiary/aromatic N) is 3. The molecule has 0 spiro atoms. The Bertz CT molecular complexity index is 834. The van der Waals surface area contributed by atoms with Crippen LogP contribution < -0.4 is 10.6 Å². The molecule has 7 nitrogen and oxygen atoms in total. The van der Waals surface area contributed by atoms with Crippen LogP contribution in [-0.2, 0) is 13.0 Å². The number of halogens is 1. The highest BCUT2D eigenvalue weighted by Crippen LogP contribution is 2.15. The molecular weight excluding hydrogens is 431 g/mol. The van der Waals surface area contributed by atoms with Crippen molar-refractivity contribution in [1.29, 1.82) is 0 Å². The molecule has 0 aliphatic heterocycles. The Morgan fingerprint density at radius 2 is 2.16 bits per heavy atom. The summed E-state index contributed by atoms with van der Waals surface area (Å²) in [4.78, 5) is 11.8. The van der Waals surface area contributed by atoms with Crippen molar-refractivity contribution < 1.29 is 4.52 Å². The second-order valence-electron chi connectivity index (χ2n) is 5.62. The van der Waals surface area contributed by atoms with Crippen molar-refractivity contribution in [3.63, 3.8) is 0 Å². The Balaban J connectivity index is 0.00000225. The summed E-state index contributed by atoms with van der Waals surface area (Å²) in [7, 11) is 1.76. The summed E-state index contributed by atoms with van der Waals surface area (Å²) in [6, 6.07) is 4.04. The summed E-state index contributed by atoms with van der Waals surface area (Å²) in [5.74, 6) is 1.59. The average molecular weight is 454 g/mol. The van der Waals surface area contributed by atoms with Gasteiger partial charge in [-0.15, -0.1) is 24.0 Å². The normalized spacial score (nSPS) is 11.4. The molecule has 3 aromatic rings. The Kier molecular flexibility index (Phi) is 6.80. The van der Waals surface area contributed by atoms with Crippen molar-refractivity contribution in [2.75, 3.05) is 13.6 Å². The predicted molar refractivity (Wildman–Crippen MR) is 109 cm³/mol. The minimum atomic E-state index is 0.